The van der Waals surface area contributed by atoms with Gasteiger partial charge in [0.1, 0.15) is 11.1 Å². The Morgan fingerprint density at radius 1 is 0.846 bits per heavy atom. The van der Waals surface area contributed by atoms with E-state index in [1.807, 2.05) is 0 Å². The highest BCUT2D eigenvalue weighted by molar-refractivity contribution is 5.96. The first-order valence-electron chi connectivity index (χ1n) is 7.45. The number of hydrogen-bond acceptors (Lipinski definition) is 8. The maximum absolute atomic E-state index is 12.9. The molecule has 3 rings (SSSR count). The van der Waals surface area contributed by atoms with E-state index in [2.05, 4.69) is 0 Å². The van der Waals surface area contributed by atoms with Crippen LogP contribution in [0.15, 0.2) is 33.5 Å². The summed E-state index contributed by atoms with van der Waals surface area (Å²) in [6.07, 6.45) is 0. The van der Waals surface area contributed by atoms with Crippen molar-refractivity contribution in [2.45, 2.75) is 0 Å². The zero-order valence-corrected chi connectivity index (χ0v) is 14.2. The lowest BCUT2D eigenvalue weighted by Gasteiger charge is -2.15. The third kappa shape index (κ3) is 2.34. The molecule has 8 nitrogen and oxygen atoms in total. The quantitative estimate of drug-likeness (QED) is 0.650. The molecular formula is C18H16O8. The number of phenolic OH excluding ortho intramolecular Hbond substituents is 3. The summed E-state index contributed by atoms with van der Waals surface area (Å²) in [6.45, 7) is 0. The molecule has 8 heteroatoms. The van der Waals surface area contributed by atoms with E-state index < -0.39 is 16.9 Å². The van der Waals surface area contributed by atoms with Gasteiger partial charge in [0.15, 0.2) is 17.1 Å². The van der Waals surface area contributed by atoms with Gasteiger partial charge in [0.05, 0.1) is 26.9 Å². The van der Waals surface area contributed by atoms with Crippen molar-refractivity contribution in [3.8, 4) is 45.8 Å². The zero-order chi connectivity index (χ0) is 19.0. The lowest BCUT2D eigenvalue weighted by Crippen LogP contribution is -2.09. The Morgan fingerprint density at radius 3 is 2.04 bits per heavy atom. The van der Waals surface area contributed by atoms with E-state index in [0.717, 1.165) is 0 Å². The Kier molecular flexibility index (Phi) is 4.25. The van der Waals surface area contributed by atoms with Gasteiger partial charge in [0.2, 0.25) is 28.4 Å². The van der Waals surface area contributed by atoms with Gasteiger partial charge in [-0.3, -0.25) is 4.79 Å². The number of ether oxygens (including phenoxy) is 3. The van der Waals surface area contributed by atoms with Crippen molar-refractivity contribution in [3.05, 3.63) is 34.5 Å². The van der Waals surface area contributed by atoms with Gasteiger partial charge in [-0.2, -0.15) is 0 Å². The first-order valence-corrected chi connectivity index (χ1v) is 7.45. The highest BCUT2D eigenvalue weighted by atomic mass is 16.5. The molecule has 0 unspecified atom stereocenters. The lowest BCUT2D eigenvalue weighted by molar-refractivity contribution is 0.322. The first-order chi connectivity index (χ1) is 12.5. The van der Waals surface area contributed by atoms with Crippen LogP contribution in [0.2, 0.25) is 0 Å². The number of rotatable bonds is 4. The minimum atomic E-state index is -0.721. The molecule has 1 aromatic heterocycles. The van der Waals surface area contributed by atoms with Crippen molar-refractivity contribution < 1.29 is 33.9 Å². The van der Waals surface area contributed by atoms with Crippen LogP contribution >= 0.6 is 0 Å². The van der Waals surface area contributed by atoms with E-state index in [1.165, 1.54) is 33.5 Å². The fraction of sp³-hybridized carbons (Fsp3) is 0.167. The summed E-state index contributed by atoms with van der Waals surface area (Å²) >= 11 is 0. The molecule has 26 heavy (non-hydrogen) atoms. The second-order valence-electron chi connectivity index (χ2n) is 5.28. The molecule has 3 N–H and O–H groups in total. The van der Waals surface area contributed by atoms with Crippen molar-refractivity contribution in [2.75, 3.05) is 21.3 Å². The average molecular weight is 360 g/mol. The largest absolute Gasteiger partial charge is 0.507 e. The summed E-state index contributed by atoms with van der Waals surface area (Å²) < 4.78 is 21.0. The van der Waals surface area contributed by atoms with Crippen molar-refractivity contribution in [1.82, 2.24) is 0 Å². The highest BCUT2D eigenvalue weighted by Crippen LogP contribution is 2.50. The van der Waals surface area contributed by atoms with Crippen molar-refractivity contribution in [2.24, 2.45) is 0 Å². The van der Waals surface area contributed by atoms with Crippen molar-refractivity contribution in [1.29, 1.82) is 0 Å². The minimum absolute atomic E-state index is 0.0784. The van der Waals surface area contributed by atoms with Crippen LogP contribution in [0.1, 0.15) is 0 Å². The molecule has 0 saturated heterocycles. The van der Waals surface area contributed by atoms with E-state index in [9.17, 15) is 20.1 Å². The number of fused-ring (bicyclic) bond motifs is 1. The highest BCUT2D eigenvalue weighted by Gasteiger charge is 2.28. The normalized spacial score (nSPS) is 10.7. The van der Waals surface area contributed by atoms with Crippen LogP contribution in [0, 0.1) is 0 Å². The third-order valence-electron chi connectivity index (χ3n) is 3.92. The molecule has 2 aromatic carbocycles. The third-order valence-corrected chi connectivity index (χ3v) is 3.92. The monoisotopic (exact) mass is 360 g/mol. The van der Waals surface area contributed by atoms with Gasteiger partial charge >= 0.3 is 0 Å². The van der Waals surface area contributed by atoms with E-state index in [1.54, 1.807) is 12.1 Å². The van der Waals surface area contributed by atoms with Gasteiger partial charge in [-0.1, -0.05) is 12.1 Å². The van der Waals surface area contributed by atoms with Crippen LogP contribution in [0.25, 0.3) is 22.3 Å². The summed E-state index contributed by atoms with van der Waals surface area (Å²) in [4.78, 5) is 12.9. The van der Waals surface area contributed by atoms with Gasteiger partial charge in [-0.05, 0) is 12.1 Å². The number of hydrogen-bond donors (Lipinski definition) is 3. The summed E-state index contributed by atoms with van der Waals surface area (Å²) in [5, 5.41) is 30.4. The summed E-state index contributed by atoms with van der Waals surface area (Å²) in [7, 11) is 3.73. The van der Waals surface area contributed by atoms with Crippen LogP contribution in [0.4, 0.5) is 0 Å². The molecular weight excluding hydrogens is 344 g/mol. The number of benzene rings is 2. The molecule has 0 bridgehead atoms. The SMILES string of the molecule is COc1c(O)c(OC)c2oc(-c3ccccc3O)c(OC)c(=O)c2c1O. The first kappa shape index (κ1) is 17.3. The molecule has 1 heterocycles. The van der Waals surface area contributed by atoms with Gasteiger partial charge in [0.25, 0.3) is 0 Å². The second kappa shape index (κ2) is 6.40. The zero-order valence-electron chi connectivity index (χ0n) is 14.2. The Morgan fingerprint density at radius 2 is 1.46 bits per heavy atom. The Balaban J connectivity index is 2.55. The topological polar surface area (TPSA) is 119 Å². The van der Waals surface area contributed by atoms with Crippen molar-refractivity contribution >= 4 is 11.0 Å². The average Bonchev–Trinajstić information content (AvgIpc) is 2.62. The minimum Gasteiger partial charge on any atom is -0.507 e. The van der Waals surface area contributed by atoms with Crippen LogP contribution in [-0.2, 0) is 0 Å². The van der Waals surface area contributed by atoms with Gasteiger partial charge in [0, 0.05) is 0 Å². The van der Waals surface area contributed by atoms with E-state index in [-0.39, 0.29) is 45.3 Å². The number of methoxy groups -OCH3 is 3. The molecule has 0 aliphatic heterocycles. The van der Waals surface area contributed by atoms with Crippen molar-refractivity contribution in [3.63, 3.8) is 0 Å². The second-order valence-corrected chi connectivity index (χ2v) is 5.28. The van der Waals surface area contributed by atoms with Crippen LogP contribution in [0.3, 0.4) is 0 Å². The lowest BCUT2D eigenvalue weighted by atomic mass is 10.1. The fourth-order valence-electron chi connectivity index (χ4n) is 2.74. The van der Waals surface area contributed by atoms with E-state index in [0.29, 0.717) is 0 Å². The maximum Gasteiger partial charge on any atom is 0.239 e. The Bertz CT molecular complexity index is 1050. The molecule has 0 spiro atoms. The molecule has 0 amide bonds. The summed E-state index contributed by atoms with van der Waals surface area (Å²) in [6, 6.07) is 6.18. The number of phenols is 3. The van der Waals surface area contributed by atoms with Crippen LogP contribution in [-0.4, -0.2) is 36.6 Å². The molecule has 0 aliphatic carbocycles. The van der Waals surface area contributed by atoms with Gasteiger partial charge in [-0.15, -0.1) is 0 Å². The predicted octanol–water partition coefficient (Wildman–Crippen LogP) is 2.60. The Hall–Kier alpha value is -3.55. The molecule has 0 radical (unpaired) electrons. The van der Waals surface area contributed by atoms with Crippen LogP contribution in [0.5, 0.6) is 34.5 Å². The fourth-order valence-corrected chi connectivity index (χ4v) is 2.74. The van der Waals surface area contributed by atoms with E-state index in [4.69, 9.17) is 18.6 Å². The number of para-hydroxylation sites is 1. The molecule has 136 valence electrons. The number of aromatic hydroxyl groups is 3. The Labute approximate surface area is 147 Å². The molecule has 3 aromatic rings. The summed E-state index contributed by atoms with van der Waals surface area (Å²) in [5.74, 6) is -2.14. The molecule has 0 aliphatic rings. The molecule has 0 fully saturated rings. The predicted molar refractivity (Wildman–Crippen MR) is 92.6 cm³/mol. The standard InChI is InChI=1S/C18H16O8/c1-23-16-11(20)10-12(21)17(24-2)14(8-6-4-5-7-9(8)19)26-15(10)18(25-3)13(16)22/h4-7,19-20,22H,1-3H3. The van der Waals surface area contributed by atoms with Crippen LogP contribution < -0.4 is 19.6 Å². The van der Waals surface area contributed by atoms with Gasteiger partial charge in [-0.25, -0.2) is 0 Å². The maximum atomic E-state index is 12.9. The van der Waals surface area contributed by atoms with Gasteiger partial charge < -0.3 is 33.9 Å². The van der Waals surface area contributed by atoms with E-state index >= 15 is 0 Å². The molecule has 0 atom stereocenters. The summed E-state index contributed by atoms with van der Waals surface area (Å²) in [5.41, 5.74) is -0.742. The smallest absolute Gasteiger partial charge is 0.239 e. The molecule has 0 saturated carbocycles.